The van der Waals surface area contributed by atoms with Gasteiger partial charge in [-0.05, 0) is 36.6 Å². The Hall–Kier alpha value is -3.56. The largest absolute Gasteiger partial charge is 0.491 e. The number of aromatic nitrogens is 2. The standard InChI is InChI=1S/C23H21N3O5S/c1-14-6-7-16(8-15(14)2)20-12-32-22-21(20)23(28)25(13-24-22)10-18(27)11-31-19-5-3-4-17(9-19)26(29)30/h3-9,12-13,18,27H,10-11H2,1-2H3/t18-/m1/s1. The summed E-state index contributed by atoms with van der Waals surface area (Å²) in [7, 11) is 0. The maximum Gasteiger partial charge on any atom is 0.273 e. The van der Waals surface area contributed by atoms with E-state index in [0.717, 1.165) is 16.7 Å². The maximum absolute atomic E-state index is 13.2. The van der Waals surface area contributed by atoms with E-state index in [4.69, 9.17) is 4.74 Å². The van der Waals surface area contributed by atoms with E-state index in [1.165, 1.54) is 46.0 Å². The zero-order valence-electron chi connectivity index (χ0n) is 17.5. The predicted octanol–water partition coefficient (Wildman–Crippen LogP) is 4.09. The van der Waals surface area contributed by atoms with Crippen LogP contribution in [0.2, 0.25) is 0 Å². The average molecular weight is 452 g/mol. The molecule has 0 fully saturated rings. The molecule has 4 rings (SSSR count). The molecule has 0 unspecified atom stereocenters. The molecule has 0 aliphatic rings. The van der Waals surface area contributed by atoms with Gasteiger partial charge in [0.25, 0.3) is 11.2 Å². The van der Waals surface area contributed by atoms with Crippen molar-refractivity contribution < 1.29 is 14.8 Å². The number of aliphatic hydroxyl groups is 1. The monoisotopic (exact) mass is 451 g/mol. The molecule has 0 spiro atoms. The van der Waals surface area contributed by atoms with Crippen LogP contribution in [0.25, 0.3) is 21.3 Å². The number of nitro groups is 1. The number of ether oxygens (including phenoxy) is 1. The van der Waals surface area contributed by atoms with Crippen molar-refractivity contribution in [1.29, 1.82) is 0 Å². The van der Waals surface area contributed by atoms with Crippen LogP contribution in [-0.2, 0) is 6.54 Å². The van der Waals surface area contributed by atoms with Crippen LogP contribution in [-0.4, -0.2) is 32.3 Å². The van der Waals surface area contributed by atoms with E-state index in [-0.39, 0.29) is 30.1 Å². The fourth-order valence-electron chi connectivity index (χ4n) is 3.38. The molecule has 4 aromatic rings. The van der Waals surface area contributed by atoms with Gasteiger partial charge < -0.3 is 9.84 Å². The van der Waals surface area contributed by atoms with Gasteiger partial charge in [0.05, 0.1) is 29.2 Å². The van der Waals surface area contributed by atoms with Gasteiger partial charge in [0, 0.05) is 17.0 Å². The van der Waals surface area contributed by atoms with Gasteiger partial charge in [-0.3, -0.25) is 19.5 Å². The summed E-state index contributed by atoms with van der Waals surface area (Å²) in [6.45, 7) is 3.93. The minimum absolute atomic E-state index is 0.0150. The number of hydrogen-bond donors (Lipinski definition) is 1. The van der Waals surface area contributed by atoms with Crippen LogP contribution in [0, 0.1) is 24.0 Å². The molecule has 0 saturated carbocycles. The van der Waals surface area contributed by atoms with E-state index in [9.17, 15) is 20.0 Å². The average Bonchev–Trinajstić information content (AvgIpc) is 3.21. The van der Waals surface area contributed by atoms with E-state index < -0.39 is 11.0 Å². The van der Waals surface area contributed by atoms with Gasteiger partial charge in [0.15, 0.2) is 0 Å². The molecule has 0 aliphatic heterocycles. The second-order valence-electron chi connectivity index (χ2n) is 7.55. The number of nitrogens with zero attached hydrogens (tertiary/aromatic N) is 3. The lowest BCUT2D eigenvalue weighted by molar-refractivity contribution is -0.384. The number of aliphatic hydroxyl groups excluding tert-OH is 1. The van der Waals surface area contributed by atoms with Gasteiger partial charge in [-0.1, -0.05) is 24.3 Å². The number of non-ortho nitro benzene ring substituents is 1. The molecular formula is C23H21N3O5S. The highest BCUT2D eigenvalue weighted by Crippen LogP contribution is 2.31. The quantitative estimate of drug-likeness (QED) is 0.335. The van der Waals surface area contributed by atoms with Gasteiger partial charge in [0.1, 0.15) is 23.3 Å². The first-order chi connectivity index (χ1) is 15.3. The van der Waals surface area contributed by atoms with Crippen LogP contribution >= 0.6 is 11.3 Å². The molecule has 164 valence electrons. The molecule has 9 heteroatoms. The first kappa shape index (κ1) is 21.7. The van der Waals surface area contributed by atoms with Crippen molar-refractivity contribution in [2.45, 2.75) is 26.5 Å². The molecule has 0 bridgehead atoms. The highest BCUT2D eigenvalue weighted by atomic mass is 32.1. The van der Waals surface area contributed by atoms with E-state index in [1.54, 1.807) is 6.07 Å². The first-order valence-corrected chi connectivity index (χ1v) is 10.8. The van der Waals surface area contributed by atoms with E-state index in [1.807, 2.05) is 31.4 Å². The number of rotatable bonds is 7. The smallest absolute Gasteiger partial charge is 0.273 e. The molecule has 8 nitrogen and oxygen atoms in total. The van der Waals surface area contributed by atoms with Crippen molar-refractivity contribution in [2.75, 3.05) is 6.61 Å². The Morgan fingerprint density at radius 3 is 2.78 bits per heavy atom. The molecule has 0 radical (unpaired) electrons. The fraction of sp³-hybridized carbons (Fsp3) is 0.217. The Labute approximate surface area is 187 Å². The second-order valence-corrected chi connectivity index (χ2v) is 8.41. The van der Waals surface area contributed by atoms with Gasteiger partial charge in [0.2, 0.25) is 0 Å². The van der Waals surface area contributed by atoms with Crippen LogP contribution in [0.1, 0.15) is 11.1 Å². The molecule has 32 heavy (non-hydrogen) atoms. The first-order valence-electron chi connectivity index (χ1n) is 9.93. The second kappa shape index (κ2) is 8.89. The van der Waals surface area contributed by atoms with E-state index in [0.29, 0.717) is 10.2 Å². The van der Waals surface area contributed by atoms with Crippen LogP contribution in [0.4, 0.5) is 5.69 Å². The van der Waals surface area contributed by atoms with Crippen LogP contribution in [0.15, 0.2) is 59.0 Å². The Morgan fingerprint density at radius 1 is 1.22 bits per heavy atom. The fourth-order valence-corrected chi connectivity index (χ4v) is 4.28. The van der Waals surface area contributed by atoms with Gasteiger partial charge in [-0.2, -0.15) is 0 Å². The summed E-state index contributed by atoms with van der Waals surface area (Å²) in [5.41, 5.74) is 3.75. The third-order valence-electron chi connectivity index (χ3n) is 5.26. The molecule has 0 amide bonds. The summed E-state index contributed by atoms with van der Waals surface area (Å²) in [5, 5.41) is 23.7. The molecule has 2 aromatic heterocycles. The normalized spacial score (nSPS) is 12.1. The van der Waals surface area contributed by atoms with E-state index in [2.05, 4.69) is 11.1 Å². The topological polar surface area (TPSA) is 107 Å². The molecule has 0 aliphatic carbocycles. The number of benzene rings is 2. The predicted molar refractivity (Wildman–Crippen MR) is 123 cm³/mol. The number of aryl methyl sites for hydroxylation is 2. The van der Waals surface area contributed by atoms with Crippen molar-refractivity contribution in [3.63, 3.8) is 0 Å². The Kier molecular flexibility index (Phi) is 6.02. The van der Waals surface area contributed by atoms with E-state index >= 15 is 0 Å². The number of nitro benzene ring substituents is 1. The van der Waals surface area contributed by atoms with Crippen LogP contribution in [0.5, 0.6) is 5.75 Å². The van der Waals surface area contributed by atoms with Gasteiger partial charge in [-0.25, -0.2) is 4.98 Å². The minimum atomic E-state index is -1.00. The van der Waals surface area contributed by atoms with Crippen molar-refractivity contribution in [3.8, 4) is 16.9 Å². The zero-order valence-corrected chi connectivity index (χ0v) is 18.3. The Bertz CT molecular complexity index is 1360. The van der Waals surface area contributed by atoms with Crippen molar-refractivity contribution in [2.24, 2.45) is 0 Å². The van der Waals surface area contributed by atoms with Crippen LogP contribution < -0.4 is 10.3 Å². The summed E-state index contributed by atoms with van der Waals surface area (Å²) in [5.74, 6) is 0.272. The van der Waals surface area contributed by atoms with Gasteiger partial charge >= 0.3 is 0 Å². The van der Waals surface area contributed by atoms with Gasteiger partial charge in [-0.15, -0.1) is 11.3 Å². The Morgan fingerprint density at radius 2 is 2.03 bits per heavy atom. The summed E-state index contributed by atoms with van der Waals surface area (Å²) < 4.78 is 6.83. The lowest BCUT2D eigenvalue weighted by Crippen LogP contribution is -2.30. The highest BCUT2D eigenvalue weighted by molar-refractivity contribution is 7.17. The molecule has 1 atom stereocenters. The minimum Gasteiger partial charge on any atom is -0.491 e. The summed E-state index contributed by atoms with van der Waals surface area (Å²) in [4.78, 5) is 28.6. The Balaban J connectivity index is 1.55. The molecule has 1 N–H and O–H groups in total. The molecule has 2 heterocycles. The molecule has 2 aromatic carbocycles. The number of hydrogen-bond acceptors (Lipinski definition) is 7. The lowest BCUT2D eigenvalue weighted by Gasteiger charge is -2.14. The van der Waals surface area contributed by atoms with Crippen molar-refractivity contribution in [3.05, 3.63) is 85.8 Å². The molecular weight excluding hydrogens is 430 g/mol. The number of thiophene rings is 1. The zero-order chi connectivity index (χ0) is 22.8. The lowest BCUT2D eigenvalue weighted by atomic mass is 10.0. The summed E-state index contributed by atoms with van der Waals surface area (Å²) in [6.07, 6.45) is 0.414. The highest BCUT2D eigenvalue weighted by Gasteiger charge is 2.16. The SMILES string of the molecule is Cc1ccc(-c2csc3ncn(C[C@@H](O)COc4cccc([N+](=O)[O-])c4)c(=O)c23)cc1C. The third kappa shape index (κ3) is 4.39. The van der Waals surface area contributed by atoms with Crippen LogP contribution in [0.3, 0.4) is 0 Å². The van der Waals surface area contributed by atoms with Crippen molar-refractivity contribution >= 4 is 27.2 Å². The molecule has 0 saturated heterocycles. The number of fused-ring (bicyclic) bond motifs is 1. The maximum atomic E-state index is 13.2. The third-order valence-corrected chi connectivity index (χ3v) is 6.14. The summed E-state index contributed by atoms with van der Waals surface area (Å²) >= 11 is 1.41. The summed E-state index contributed by atoms with van der Waals surface area (Å²) in [6, 6.07) is 11.8. The van der Waals surface area contributed by atoms with Crippen molar-refractivity contribution in [1.82, 2.24) is 9.55 Å².